The normalized spacial score (nSPS) is 10.4. The number of sulfonamides is 1. The maximum Gasteiger partial charge on any atom is 1.00 e. The van der Waals surface area contributed by atoms with Gasteiger partial charge in [-0.3, -0.25) is 9.59 Å². The molecule has 0 spiro atoms. The molecule has 24 heavy (non-hydrogen) atoms. The third-order valence-corrected chi connectivity index (χ3v) is 4.25. The Morgan fingerprint density at radius 1 is 1.04 bits per heavy atom. The Labute approximate surface area is 182 Å². The van der Waals surface area contributed by atoms with Crippen LogP contribution in [0.5, 0.6) is 0 Å². The van der Waals surface area contributed by atoms with E-state index in [1.54, 1.807) is 18.2 Å². The molecule has 2 aromatic rings. The SMILES string of the molecule is CC(=O)Nc1ccc(C(=O)NS(=O)(=O)c2ccccc2)cc1N.[K+]. The summed E-state index contributed by atoms with van der Waals surface area (Å²) in [7, 11) is -3.96. The molecular weight excluding hydrogens is 357 g/mol. The van der Waals surface area contributed by atoms with Crippen LogP contribution in [0.15, 0.2) is 53.4 Å². The van der Waals surface area contributed by atoms with Crippen molar-refractivity contribution in [2.75, 3.05) is 11.1 Å². The Morgan fingerprint density at radius 3 is 2.21 bits per heavy atom. The molecule has 2 rings (SSSR count). The van der Waals surface area contributed by atoms with Crippen LogP contribution in [0, 0.1) is 0 Å². The van der Waals surface area contributed by atoms with Crippen molar-refractivity contribution < 1.29 is 69.4 Å². The Morgan fingerprint density at radius 2 is 1.67 bits per heavy atom. The molecule has 2 aromatic carbocycles. The van der Waals surface area contributed by atoms with Crippen molar-refractivity contribution in [2.45, 2.75) is 11.8 Å². The quantitative estimate of drug-likeness (QED) is 0.439. The number of amides is 2. The van der Waals surface area contributed by atoms with Crippen molar-refractivity contribution in [1.29, 1.82) is 0 Å². The van der Waals surface area contributed by atoms with Gasteiger partial charge in [0.2, 0.25) is 5.91 Å². The zero-order chi connectivity index (χ0) is 17.0. The zero-order valence-corrected chi connectivity index (χ0v) is 17.2. The predicted octanol–water partition coefficient (Wildman–Crippen LogP) is -1.65. The minimum atomic E-state index is -3.96. The van der Waals surface area contributed by atoms with Gasteiger partial charge in [-0.15, -0.1) is 0 Å². The molecule has 0 unspecified atom stereocenters. The van der Waals surface area contributed by atoms with Crippen molar-refractivity contribution in [2.24, 2.45) is 0 Å². The molecular formula is C15H15KN3O4S+. The van der Waals surface area contributed by atoms with Crippen LogP contribution in [0.4, 0.5) is 11.4 Å². The van der Waals surface area contributed by atoms with E-state index in [-0.39, 0.29) is 73.4 Å². The van der Waals surface area contributed by atoms with Gasteiger partial charge in [0.15, 0.2) is 0 Å². The number of anilines is 2. The summed E-state index contributed by atoms with van der Waals surface area (Å²) in [5.74, 6) is -1.12. The van der Waals surface area contributed by atoms with E-state index < -0.39 is 15.9 Å². The van der Waals surface area contributed by atoms with E-state index in [0.717, 1.165) is 0 Å². The number of carbonyl (C=O) groups excluding carboxylic acids is 2. The van der Waals surface area contributed by atoms with Crippen molar-refractivity contribution in [3.63, 3.8) is 0 Å². The molecule has 0 heterocycles. The molecule has 0 saturated heterocycles. The van der Waals surface area contributed by atoms with E-state index >= 15 is 0 Å². The molecule has 4 N–H and O–H groups in total. The molecule has 0 saturated carbocycles. The van der Waals surface area contributed by atoms with Gasteiger partial charge < -0.3 is 11.1 Å². The van der Waals surface area contributed by atoms with Crippen LogP contribution in [0.25, 0.3) is 0 Å². The fourth-order valence-electron chi connectivity index (χ4n) is 1.85. The number of hydrogen-bond donors (Lipinski definition) is 3. The number of nitrogens with one attached hydrogen (secondary N) is 2. The fourth-order valence-corrected chi connectivity index (χ4v) is 2.84. The topological polar surface area (TPSA) is 118 Å². The number of nitrogens with two attached hydrogens (primary N) is 1. The zero-order valence-electron chi connectivity index (χ0n) is 13.2. The summed E-state index contributed by atoms with van der Waals surface area (Å²) in [6.07, 6.45) is 0. The first kappa shape index (κ1) is 20.8. The first-order chi connectivity index (χ1) is 10.8. The Kier molecular flexibility index (Phi) is 7.58. The molecule has 7 nitrogen and oxygen atoms in total. The Balaban J connectivity index is 0.00000288. The molecule has 0 aliphatic carbocycles. The largest absolute Gasteiger partial charge is 1.00 e. The van der Waals surface area contributed by atoms with Crippen molar-refractivity contribution in [1.82, 2.24) is 4.72 Å². The van der Waals surface area contributed by atoms with Crippen LogP contribution >= 0.6 is 0 Å². The van der Waals surface area contributed by atoms with Gasteiger partial charge in [0.05, 0.1) is 16.3 Å². The first-order valence-electron chi connectivity index (χ1n) is 6.59. The van der Waals surface area contributed by atoms with E-state index in [9.17, 15) is 18.0 Å². The molecule has 0 bridgehead atoms. The van der Waals surface area contributed by atoms with Gasteiger partial charge in [0.25, 0.3) is 15.9 Å². The average Bonchev–Trinajstić information content (AvgIpc) is 2.49. The van der Waals surface area contributed by atoms with Gasteiger partial charge in [0, 0.05) is 12.5 Å². The van der Waals surface area contributed by atoms with Crippen LogP contribution in [0.3, 0.4) is 0 Å². The third-order valence-electron chi connectivity index (χ3n) is 2.91. The van der Waals surface area contributed by atoms with Crippen LogP contribution in [0.2, 0.25) is 0 Å². The van der Waals surface area contributed by atoms with Gasteiger partial charge in [0.1, 0.15) is 0 Å². The summed E-state index contributed by atoms with van der Waals surface area (Å²) < 4.78 is 26.2. The van der Waals surface area contributed by atoms with Gasteiger partial charge in [-0.05, 0) is 30.3 Å². The number of rotatable bonds is 4. The minimum Gasteiger partial charge on any atom is -0.397 e. The fraction of sp³-hybridized carbons (Fsp3) is 0.0667. The average molecular weight is 372 g/mol. The maximum atomic E-state index is 12.1. The van der Waals surface area contributed by atoms with E-state index in [2.05, 4.69) is 5.32 Å². The molecule has 0 aromatic heterocycles. The van der Waals surface area contributed by atoms with E-state index in [4.69, 9.17) is 5.73 Å². The minimum absolute atomic E-state index is 0. The van der Waals surface area contributed by atoms with Gasteiger partial charge >= 0.3 is 51.4 Å². The third kappa shape index (κ3) is 5.40. The smallest absolute Gasteiger partial charge is 0.397 e. The van der Waals surface area contributed by atoms with E-state index in [0.29, 0.717) is 5.69 Å². The summed E-state index contributed by atoms with van der Waals surface area (Å²) in [5, 5.41) is 2.50. The molecule has 2 amide bonds. The van der Waals surface area contributed by atoms with Crippen molar-refractivity contribution >= 4 is 33.2 Å². The summed E-state index contributed by atoms with van der Waals surface area (Å²) in [4.78, 5) is 23.1. The molecule has 120 valence electrons. The van der Waals surface area contributed by atoms with Gasteiger partial charge in [-0.1, -0.05) is 18.2 Å². The number of carbonyl (C=O) groups is 2. The molecule has 0 fully saturated rings. The van der Waals surface area contributed by atoms with Gasteiger partial charge in [-0.2, -0.15) is 0 Å². The number of nitrogen functional groups attached to an aromatic ring is 1. The van der Waals surface area contributed by atoms with E-state index in [1.807, 2.05) is 4.72 Å². The van der Waals surface area contributed by atoms with Crippen LogP contribution in [-0.4, -0.2) is 20.2 Å². The van der Waals surface area contributed by atoms with Crippen molar-refractivity contribution in [3.05, 3.63) is 54.1 Å². The maximum absolute atomic E-state index is 12.1. The van der Waals surface area contributed by atoms with Crippen LogP contribution in [-0.2, 0) is 14.8 Å². The van der Waals surface area contributed by atoms with Gasteiger partial charge in [-0.25, -0.2) is 13.1 Å². The predicted molar refractivity (Wildman–Crippen MR) is 86.3 cm³/mol. The molecule has 0 radical (unpaired) electrons. The standard InChI is InChI=1S/C15H15N3O4S.K/c1-10(19)17-14-8-7-11(9-13(14)16)15(20)18-23(21,22)12-5-3-2-4-6-12;/h2-9H,16H2,1H3,(H,17,19)(H,18,20);/q;+1. The van der Waals surface area contributed by atoms with Crippen LogP contribution in [0.1, 0.15) is 17.3 Å². The first-order valence-corrected chi connectivity index (χ1v) is 8.07. The Bertz CT molecular complexity index is 854. The summed E-state index contributed by atoms with van der Waals surface area (Å²) >= 11 is 0. The van der Waals surface area contributed by atoms with Crippen LogP contribution < -0.4 is 67.2 Å². The molecule has 0 aliphatic rings. The summed E-state index contributed by atoms with van der Waals surface area (Å²) in [6, 6.07) is 11.6. The molecule has 0 atom stereocenters. The second-order valence-corrected chi connectivity index (χ2v) is 6.41. The van der Waals surface area contributed by atoms with Crippen molar-refractivity contribution in [3.8, 4) is 0 Å². The summed E-state index contributed by atoms with van der Waals surface area (Å²) in [6.45, 7) is 1.33. The number of hydrogen-bond acceptors (Lipinski definition) is 5. The number of benzene rings is 2. The molecule has 9 heteroatoms. The Hall–Kier alpha value is -1.23. The second kappa shape index (κ2) is 8.74. The molecule has 0 aliphatic heterocycles. The van der Waals surface area contributed by atoms with E-state index in [1.165, 1.54) is 37.3 Å². The second-order valence-electron chi connectivity index (χ2n) is 4.73. The monoisotopic (exact) mass is 372 g/mol. The summed E-state index contributed by atoms with van der Waals surface area (Å²) in [5.41, 5.74) is 6.31.